The molecule has 0 radical (unpaired) electrons. The number of hydrogen-bond donors (Lipinski definition) is 0. The van der Waals surface area contributed by atoms with Gasteiger partial charge in [-0.3, -0.25) is 0 Å². The lowest BCUT2D eigenvalue weighted by atomic mass is 10.1. The minimum absolute atomic E-state index is 0.0171. The number of halogens is 8. The van der Waals surface area contributed by atoms with E-state index < -0.39 is 70.6 Å². The minimum atomic E-state index is -4.61. The number of alkyl halides is 6. The number of rotatable bonds is 6. The van der Waals surface area contributed by atoms with Crippen LogP contribution in [-0.2, 0) is 35.5 Å². The third-order valence-electron chi connectivity index (χ3n) is 3.75. The quantitative estimate of drug-likeness (QED) is 0.431. The molecule has 0 amide bonds. The van der Waals surface area contributed by atoms with E-state index in [2.05, 4.69) is 0 Å². The van der Waals surface area contributed by atoms with Crippen molar-refractivity contribution in [1.82, 2.24) is 0 Å². The molecule has 154 valence electrons. The summed E-state index contributed by atoms with van der Waals surface area (Å²) >= 11 is -1.89. The van der Waals surface area contributed by atoms with Gasteiger partial charge in [0, 0.05) is 11.1 Å². The van der Waals surface area contributed by atoms with Crippen LogP contribution >= 0.6 is 0 Å². The molecule has 2 aromatic rings. The van der Waals surface area contributed by atoms with Crippen molar-refractivity contribution in [3.63, 3.8) is 0 Å². The minimum Gasteiger partial charge on any atom is -0.616 e. The van der Waals surface area contributed by atoms with Crippen LogP contribution in [0.25, 0.3) is 0 Å². The highest BCUT2D eigenvalue weighted by molar-refractivity contribution is 7.89. The van der Waals surface area contributed by atoms with Crippen molar-refractivity contribution in [2.24, 2.45) is 0 Å². The van der Waals surface area contributed by atoms with Crippen molar-refractivity contribution in [2.75, 3.05) is 0 Å². The van der Waals surface area contributed by atoms with Crippen LogP contribution in [0, 0.1) is 11.6 Å². The van der Waals surface area contributed by atoms with Gasteiger partial charge in [0.25, 0.3) is 0 Å². The molecule has 10 heteroatoms. The van der Waals surface area contributed by atoms with Crippen molar-refractivity contribution in [1.29, 1.82) is 0 Å². The lowest BCUT2D eigenvalue weighted by Gasteiger charge is -2.17. The average Bonchev–Trinajstić information content (AvgIpc) is 2.50. The summed E-state index contributed by atoms with van der Waals surface area (Å²) in [7, 11) is 0. The van der Waals surface area contributed by atoms with Gasteiger partial charge in [-0.25, -0.2) is 8.78 Å². The first-order valence-corrected chi connectivity index (χ1v) is 9.34. The Morgan fingerprint density at radius 2 is 1.00 bits per heavy atom. The first kappa shape index (κ1) is 22.5. The van der Waals surface area contributed by atoms with Crippen LogP contribution in [0.15, 0.2) is 36.4 Å². The molecule has 2 aromatic carbocycles. The second-order valence-corrected chi connectivity index (χ2v) is 7.60. The highest BCUT2D eigenvalue weighted by Crippen LogP contribution is 2.28. The fourth-order valence-corrected chi connectivity index (χ4v) is 3.99. The van der Waals surface area contributed by atoms with E-state index >= 15 is 0 Å². The molecular weight excluding hydrogens is 416 g/mol. The largest absolute Gasteiger partial charge is 0.616 e. The van der Waals surface area contributed by atoms with E-state index in [4.69, 9.17) is 0 Å². The lowest BCUT2D eigenvalue weighted by molar-refractivity contribution is -0.128. The Labute approximate surface area is 158 Å². The summed E-state index contributed by atoms with van der Waals surface area (Å²) in [4.78, 5) is 0. The second-order valence-electron chi connectivity index (χ2n) is 6.14. The Kier molecular flexibility index (Phi) is 6.97. The first-order chi connectivity index (χ1) is 12.8. The van der Waals surface area contributed by atoms with E-state index in [-0.39, 0.29) is 11.1 Å². The monoisotopic (exact) mass is 430 g/mol. The standard InChI is InChI=1S/C18H14F8OS/c19-15-3-1-11(13(5-15)7-17(21,22)23)9-28(27)10-12-2-4-16(20)6-14(12)8-18(24,25)26/h1-6H,7-10H2. The molecule has 0 bridgehead atoms. The molecule has 2 rings (SSSR count). The molecule has 0 saturated carbocycles. The molecule has 0 unspecified atom stereocenters. The van der Waals surface area contributed by atoms with Crippen molar-refractivity contribution < 1.29 is 39.7 Å². The predicted octanol–water partition coefficient (Wildman–Crippen LogP) is 5.62. The van der Waals surface area contributed by atoms with Gasteiger partial charge in [0.2, 0.25) is 0 Å². The van der Waals surface area contributed by atoms with Gasteiger partial charge in [0.15, 0.2) is 0 Å². The van der Waals surface area contributed by atoms with Crippen molar-refractivity contribution in [3.05, 3.63) is 70.3 Å². The molecule has 0 heterocycles. The molecule has 0 atom stereocenters. The summed E-state index contributed by atoms with van der Waals surface area (Å²) in [6, 6.07) is 5.34. The van der Waals surface area contributed by atoms with Gasteiger partial charge in [-0.05, 0) is 46.6 Å². The van der Waals surface area contributed by atoms with Crippen LogP contribution in [0.3, 0.4) is 0 Å². The molecular formula is C18H14F8OS. The van der Waals surface area contributed by atoms with Gasteiger partial charge in [-0.2, -0.15) is 26.3 Å². The molecule has 0 spiro atoms. The Bertz CT molecular complexity index is 749. The highest BCUT2D eigenvalue weighted by atomic mass is 32.2. The van der Waals surface area contributed by atoms with Crippen LogP contribution in [0.1, 0.15) is 22.3 Å². The normalized spacial score (nSPS) is 12.6. The van der Waals surface area contributed by atoms with Crippen LogP contribution in [0.2, 0.25) is 0 Å². The molecule has 28 heavy (non-hydrogen) atoms. The van der Waals surface area contributed by atoms with E-state index in [0.29, 0.717) is 12.1 Å². The summed E-state index contributed by atoms with van der Waals surface area (Å²) in [6.07, 6.45) is -12.1. The van der Waals surface area contributed by atoms with Crippen LogP contribution in [0.5, 0.6) is 0 Å². The first-order valence-electron chi connectivity index (χ1n) is 7.85. The Morgan fingerprint density at radius 1 is 0.643 bits per heavy atom. The maximum atomic E-state index is 13.3. The van der Waals surface area contributed by atoms with Crippen molar-refractivity contribution in [3.8, 4) is 0 Å². The smallest absolute Gasteiger partial charge is 0.393 e. The third-order valence-corrected chi connectivity index (χ3v) is 5.02. The number of hydrogen-bond acceptors (Lipinski definition) is 1. The van der Waals surface area contributed by atoms with Crippen molar-refractivity contribution in [2.45, 2.75) is 36.7 Å². The van der Waals surface area contributed by atoms with Gasteiger partial charge < -0.3 is 4.55 Å². The summed E-state index contributed by atoms with van der Waals surface area (Å²) in [6.45, 7) is 0. The summed E-state index contributed by atoms with van der Waals surface area (Å²) in [5.41, 5.74) is -0.820. The van der Waals surface area contributed by atoms with Crippen LogP contribution < -0.4 is 0 Å². The van der Waals surface area contributed by atoms with E-state index in [0.717, 1.165) is 24.3 Å². The Balaban J connectivity index is 2.20. The summed E-state index contributed by atoms with van der Waals surface area (Å²) in [5.74, 6) is -2.59. The van der Waals surface area contributed by atoms with Gasteiger partial charge in [-0.1, -0.05) is 12.1 Å². The SMILES string of the molecule is [O-][S+](Cc1ccc(F)cc1CC(F)(F)F)Cc1ccc(F)cc1CC(F)(F)F. The third kappa shape index (κ3) is 7.31. The number of benzene rings is 2. The molecule has 0 N–H and O–H groups in total. The van der Waals surface area contributed by atoms with Crippen LogP contribution in [0.4, 0.5) is 35.1 Å². The average molecular weight is 430 g/mol. The molecule has 0 aliphatic heterocycles. The van der Waals surface area contributed by atoms with E-state index in [1.165, 1.54) is 0 Å². The van der Waals surface area contributed by atoms with E-state index in [9.17, 15) is 39.7 Å². The molecule has 0 aliphatic rings. The zero-order valence-corrected chi connectivity index (χ0v) is 14.9. The Morgan fingerprint density at radius 3 is 1.32 bits per heavy atom. The summed E-state index contributed by atoms with van der Waals surface area (Å²) in [5, 5.41) is 0. The fraction of sp³-hybridized carbons (Fsp3) is 0.333. The van der Waals surface area contributed by atoms with Gasteiger partial charge >= 0.3 is 12.4 Å². The van der Waals surface area contributed by atoms with Gasteiger partial charge in [-0.15, -0.1) is 0 Å². The fourth-order valence-electron chi connectivity index (χ4n) is 2.63. The molecule has 1 nitrogen and oxygen atoms in total. The van der Waals surface area contributed by atoms with Gasteiger partial charge in [0.05, 0.1) is 12.8 Å². The topological polar surface area (TPSA) is 23.1 Å². The molecule has 0 fully saturated rings. The Hall–Kier alpha value is -1.81. The second kappa shape index (κ2) is 8.69. The summed E-state index contributed by atoms with van der Waals surface area (Å²) < 4.78 is 115. The van der Waals surface area contributed by atoms with E-state index in [1.54, 1.807) is 0 Å². The van der Waals surface area contributed by atoms with Crippen LogP contribution in [-0.4, -0.2) is 16.9 Å². The molecule has 0 saturated heterocycles. The lowest BCUT2D eigenvalue weighted by Crippen LogP contribution is -2.17. The van der Waals surface area contributed by atoms with Crippen molar-refractivity contribution >= 4 is 11.2 Å². The highest BCUT2D eigenvalue weighted by Gasteiger charge is 2.31. The maximum Gasteiger partial charge on any atom is 0.393 e. The zero-order valence-electron chi connectivity index (χ0n) is 14.1. The van der Waals surface area contributed by atoms with E-state index in [1.807, 2.05) is 0 Å². The van der Waals surface area contributed by atoms with Gasteiger partial charge in [0.1, 0.15) is 23.1 Å². The zero-order chi connectivity index (χ0) is 21.1. The predicted molar refractivity (Wildman–Crippen MR) is 87.9 cm³/mol. The maximum absolute atomic E-state index is 13.3. The molecule has 0 aliphatic carbocycles. The molecule has 0 aromatic heterocycles.